The molecule has 4 nitrogen and oxygen atoms in total. The molecule has 1 aliphatic heterocycles. The van der Waals surface area contributed by atoms with E-state index in [1.165, 1.54) is 25.1 Å². The Morgan fingerprint density at radius 2 is 2.53 bits per heavy atom. The minimum atomic E-state index is 0.686. The standard InChI is InChI=1S/C13H23N3O/c1-2-6-16-11-15-8-13(16)10-17-9-12-4-3-5-14-7-12/h8,11-12,14H,2-7,9-10H2,1H3. The summed E-state index contributed by atoms with van der Waals surface area (Å²) in [6.07, 6.45) is 7.51. The van der Waals surface area contributed by atoms with E-state index in [1.54, 1.807) is 0 Å². The molecule has 1 fully saturated rings. The third-order valence-electron chi connectivity index (χ3n) is 3.27. The van der Waals surface area contributed by atoms with Crippen LogP contribution in [0.15, 0.2) is 12.5 Å². The highest BCUT2D eigenvalue weighted by atomic mass is 16.5. The van der Waals surface area contributed by atoms with Gasteiger partial charge >= 0.3 is 0 Å². The summed E-state index contributed by atoms with van der Waals surface area (Å²) in [5.74, 6) is 0.686. The van der Waals surface area contributed by atoms with Crippen molar-refractivity contribution in [2.45, 2.75) is 39.3 Å². The molecule has 0 aliphatic carbocycles. The van der Waals surface area contributed by atoms with E-state index in [0.717, 1.165) is 26.1 Å². The van der Waals surface area contributed by atoms with Gasteiger partial charge in [0.05, 0.1) is 31.4 Å². The molecule has 2 rings (SSSR count). The lowest BCUT2D eigenvalue weighted by Crippen LogP contribution is -2.32. The zero-order valence-corrected chi connectivity index (χ0v) is 10.7. The minimum Gasteiger partial charge on any atom is -0.375 e. The van der Waals surface area contributed by atoms with E-state index in [9.17, 15) is 0 Å². The molecule has 0 radical (unpaired) electrons. The summed E-state index contributed by atoms with van der Waals surface area (Å²) in [5.41, 5.74) is 1.19. The monoisotopic (exact) mass is 237 g/mol. The SMILES string of the molecule is CCCn1cncc1COCC1CCCNC1. The minimum absolute atomic E-state index is 0.686. The molecule has 0 aromatic carbocycles. The Kier molecular flexibility index (Phi) is 5.01. The van der Waals surface area contributed by atoms with E-state index in [-0.39, 0.29) is 0 Å². The van der Waals surface area contributed by atoms with Gasteiger partial charge in [-0.1, -0.05) is 6.92 Å². The van der Waals surface area contributed by atoms with E-state index < -0.39 is 0 Å². The van der Waals surface area contributed by atoms with Crippen molar-refractivity contribution in [3.63, 3.8) is 0 Å². The van der Waals surface area contributed by atoms with Crippen LogP contribution >= 0.6 is 0 Å². The van der Waals surface area contributed by atoms with Gasteiger partial charge in [0, 0.05) is 13.1 Å². The van der Waals surface area contributed by atoms with E-state index in [4.69, 9.17) is 4.74 Å². The number of piperidine rings is 1. The number of nitrogens with zero attached hydrogens (tertiary/aromatic N) is 2. The maximum atomic E-state index is 5.80. The molecule has 1 unspecified atom stereocenters. The Morgan fingerprint density at radius 3 is 3.29 bits per heavy atom. The third kappa shape index (κ3) is 3.82. The van der Waals surface area contributed by atoms with E-state index in [2.05, 4.69) is 21.8 Å². The number of rotatable bonds is 6. The molecule has 0 amide bonds. The second-order valence-electron chi connectivity index (χ2n) is 4.81. The van der Waals surface area contributed by atoms with Gasteiger partial charge in [-0.25, -0.2) is 4.98 Å². The summed E-state index contributed by atoms with van der Waals surface area (Å²) in [5, 5.41) is 3.41. The largest absolute Gasteiger partial charge is 0.375 e. The number of ether oxygens (including phenoxy) is 1. The van der Waals surface area contributed by atoms with Gasteiger partial charge in [0.15, 0.2) is 0 Å². The molecule has 2 heterocycles. The summed E-state index contributed by atoms with van der Waals surface area (Å²) in [6, 6.07) is 0. The lowest BCUT2D eigenvalue weighted by atomic mass is 10.0. The molecule has 17 heavy (non-hydrogen) atoms. The van der Waals surface area contributed by atoms with Crippen LogP contribution in [0.1, 0.15) is 31.9 Å². The lowest BCUT2D eigenvalue weighted by Gasteiger charge is -2.22. The Morgan fingerprint density at radius 1 is 1.59 bits per heavy atom. The first-order chi connectivity index (χ1) is 8.40. The smallest absolute Gasteiger partial charge is 0.0948 e. The molecule has 1 aliphatic rings. The second kappa shape index (κ2) is 6.77. The zero-order valence-electron chi connectivity index (χ0n) is 10.7. The van der Waals surface area contributed by atoms with Crippen LogP contribution < -0.4 is 5.32 Å². The van der Waals surface area contributed by atoms with Crippen LogP contribution in [0.2, 0.25) is 0 Å². The maximum absolute atomic E-state index is 5.80. The van der Waals surface area contributed by atoms with Crippen molar-refractivity contribution in [2.24, 2.45) is 5.92 Å². The number of nitrogens with one attached hydrogen (secondary N) is 1. The predicted octanol–water partition coefficient (Wildman–Crippen LogP) is 1.81. The first kappa shape index (κ1) is 12.6. The maximum Gasteiger partial charge on any atom is 0.0948 e. The third-order valence-corrected chi connectivity index (χ3v) is 3.27. The Bertz CT molecular complexity index is 318. The first-order valence-corrected chi connectivity index (χ1v) is 6.67. The molecule has 1 atom stereocenters. The van der Waals surface area contributed by atoms with Gasteiger partial charge < -0.3 is 14.6 Å². The van der Waals surface area contributed by atoms with Crippen LogP contribution in [0.25, 0.3) is 0 Å². The molecule has 0 spiro atoms. The lowest BCUT2D eigenvalue weighted by molar-refractivity contribution is 0.0745. The summed E-state index contributed by atoms with van der Waals surface area (Å²) < 4.78 is 7.98. The van der Waals surface area contributed by atoms with Crippen molar-refractivity contribution in [3.05, 3.63) is 18.2 Å². The molecule has 1 N–H and O–H groups in total. The normalized spacial score (nSPS) is 20.6. The van der Waals surface area contributed by atoms with Gasteiger partial charge in [0.2, 0.25) is 0 Å². The average molecular weight is 237 g/mol. The molecule has 96 valence electrons. The fourth-order valence-corrected chi connectivity index (χ4v) is 2.31. The average Bonchev–Trinajstić information content (AvgIpc) is 2.79. The van der Waals surface area contributed by atoms with E-state index >= 15 is 0 Å². The van der Waals surface area contributed by atoms with E-state index in [1.807, 2.05) is 12.5 Å². The fraction of sp³-hybridized carbons (Fsp3) is 0.769. The molecule has 4 heteroatoms. The van der Waals surface area contributed by atoms with Gasteiger partial charge in [-0.2, -0.15) is 0 Å². The predicted molar refractivity (Wildman–Crippen MR) is 67.8 cm³/mol. The van der Waals surface area contributed by atoms with Crippen molar-refractivity contribution in [1.29, 1.82) is 0 Å². The van der Waals surface area contributed by atoms with Crippen LogP contribution in [-0.4, -0.2) is 29.2 Å². The summed E-state index contributed by atoms with van der Waals surface area (Å²) in [4.78, 5) is 4.18. The van der Waals surface area contributed by atoms with Crippen molar-refractivity contribution >= 4 is 0 Å². The van der Waals surface area contributed by atoms with Gasteiger partial charge in [-0.05, 0) is 31.7 Å². The summed E-state index contributed by atoms with van der Waals surface area (Å²) in [6.45, 7) is 7.04. The fourth-order valence-electron chi connectivity index (χ4n) is 2.31. The van der Waals surface area contributed by atoms with Crippen molar-refractivity contribution in [2.75, 3.05) is 19.7 Å². The van der Waals surface area contributed by atoms with Crippen molar-refractivity contribution in [1.82, 2.24) is 14.9 Å². The molecule has 1 saturated heterocycles. The molecule has 0 saturated carbocycles. The van der Waals surface area contributed by atoms with E-state index in [0.29, 0.717) is 12.5 Å². The van der Waals surface area contributed by atoms with Crippen LogP contribution in [-0.2, 0) is 17.9 Å². The van der Waals surface area contributed by atoms with Crippen molar-refractivity contribution in [3.8, 4) is 0 Å². The number of aryl methyl sites for hydroxylation is 1. The van der Waals surface area contributed by atoms with Gasteiger partial charge in [-0.15, -0.1) is 0 Å². The highest BCUT2D eigenvalue weighted by Crippen LogP contribution is 2.11. The Balaban J connectivity index is 1.71. The number of hydrogen-bond acceptors (Lipinski definition) is 3. The van der Waals surface area contributed by atoms with Crippen LogP contribution in [0.5, 0.6) is 0 Å². The number of imidazole rings is 1. The zero-order chi connectivity index (χ0) is 11.9. The van der Waals surface area contributed by atoms with Crippen LogP contribution in [0.4, 0.5) is 0 Å². The molecule has 1 aromatic rings. The molecule has 0 bridgehead atoms. The van der Waals surface area contributed by atoms with Crippen LogP contribution in [0, 0.1) is 5.92 Å². The summed E-state index contributed by atoms with van der Waals surface area (Å²) >= 11 is 0. The van der Waals surface area contributed by atoms with Crippen LogP contribution in [0.3, 0.4) is 0 Å². The Hall–Kier alpha value is -0.870. The topological polar surface area (TPSA) is 39.1 Å². The van der Waals surface area contributed by atoms with Gasteiger partial charge in [0.25, 0.3) is 0 Å². The highest BCUT2D eigenvalue weighted by Gasteiger charge is 2.13. The van der Waals surface area contributed by atoms with Crippen molar-refractivity contribution < 1.29 is 4.74 Å². The summed E-state index contributed by atoms with van der Waals surface area (Å²) in [7, 11) is 0. The number of hydrogen-bond donors (Lipinski definition) is 1. The molecule has 1 aromatic heterocycles. The number of aromatic nitrogens is 2. The van der Waals surface area contributed by atoms with Gasteiger partial charge in [0.1, 0.15) is 0 Å². The van der Waals surface area contributed by atoms with Gasteiger partial charge in [-0.3, -0.25) is 0 Å². The molecular formula is C13H23N3O. The first-order valence-electron chi connectivity index (χ1n) is 6.67. The second-order valence-corrected chi connectivity index (χ2v) is 4.81. The Labute approximate surface area is 103 Å². The highest BCUT2D eigenvalue weighted by molar-refractivity contribution is 4.96. The quantitative estimate of drug-likeness (QED) is 0.820. The molecular weight excluding hydrogens is 214 g/mol.